The van der Waals surface area contributed by atoms with Crippen LogP contribution in [-0.4, -0.2) is 43.7 Å². The van der Waals surface area contributed by atoms with E-state index in [1.165, 1.54) is 0 Å². The highest BCUT2D eigenvalue weighted by Gasteiger charge is 2.14. The second kappa shape index (κ2) is 6.52. The normalized spacial score (nSPS) is 16.6. The first-order valence-electron chi connectivity index (χ1n) is 5.70. The van der Waals surface area contributed by atoms with E-state index in [1.54, 1.807) is 18.2 Å². The molecule has 18 heavy (non-hydrogen) atoms. The van der Waals surface area contributed by atoms with Crippen molar-refractivity contribution in [2.75, 3.05) is 38.2 Å². The molecule has 0 bridgehead atoms. The van der Waals surface area contributed by atoms with Crippen LogP contribution >= 0.6 is 27.5 Å². The van der Waals surface area contributed by atoms with Gasteiger partial charge in [-0.15, -0.1) is 0 Å². The van der Waals surface area contributed by atoms with Crippen LogP contribution in [0.4, 0.5) is 5.69 Å². The predicted molar refractivity (Wildman–Crippen MR) is 75.0 cm³/mol. The van der Waals surface area contributed by atoms with E-state index < -0.39 is 0 Å². The fourth-order valence-corrected chi connectivity index (χ4v) is 2.23. The Bertz CT molecular complexity index is 436. The highest BCUT2D eigenvalue weighted by molar-refractivity contribution is 9.10. The maximum Gasteiger partial charge on any atom is 0.238 e. The van der Waals surface area contributed by atoms with Gasteiger partial charge in [0.1, 0.15) is 0 Å². The number of morpholine rings is 1. The summed E-state index contributed by atoms with van der Waals surface area (Å²) in [7, 11) is 0. The van der Waals surface area contributed by atoms with Crippen molar-refractivity contribution in [2.45, 2.75) is 0 Å². The molecule has 1 fully saturated rings. The number of hydrogen-bond donors (Lipinski definition) is 1. The molecule has 1 aromatic rings. The lowest BCUT2D eigenvalue weighted by atomic mass is 10.3. The van der Waals surface area contributed by atoms with Gasteiger partial charge in [0.15, 0.2) is 0 Å². The molecular weight excluding hydrogens is 320 g/mol. The maximum absolute atomic E-state index is 11.8. The molecule has 0 saturated carbocycles. The summed E-state index contributed by atoms with van der Waals surface area (Å²) in [6.07, 6.45) is 0. The maximum atomic E-state index is 11.8. The molecule has 98 valence electrons. The molecule has 0 unspecified atom stereocenters. The number of rotatable bonds is 3. The molecule has 0 atom stereocenters. The number of amides is 1. The van der Waals surface area contributed by atoms with Crippen molar-refractivity contribution < 1.29 is 9.53 Å². The molecule has 1 heterocycles. The Hall–Kier alpha value is -0.620. The van der Waals surface area contributed by atoms with Crippen molar-refractivity contribution in [2.24, 2.45) is 0 Å². The van der Waals surface area contributed by atoms with Gasteiger partial charge < -0.3 is 10.1 Å². The summed E-state index contributed by atoms with van der Waals surface area (Å²) in [5.74, 6) is -0.0221. The lowest BCUT2D eigenvalue weighted by molar-refractivity contribution is -0.118. The summed E-state index contributed by atoms with van der Waals surface area (Å²) in [6, 6.07) is 5.32. The highest BCUT2D eigenvalue weighted by Crippen LogP contribution is 2.25. The van der Waals surface area contributed by atoms with E-state index in [4.69, 9.17) is 16.3 Å². The Kier molecular flexibility index (Phi) is 5.00. The van der Waals surface area contributed by atoms with Gasteiger partial charge in [-0.05, 0) is 34.1 Å². The van der Waals surface area contributed by atoms with Crippen molar-refractivity contribution in [3.8, 4) is 0 Å². The smallest absolute Gasteiger partial charge is 0.238 e. The third-order valence-electron chi connectivity index (χ3n) is 2.67. The molecule has 1 N–H and O–H groups in total. The largest absolute Gasteiger partial charge is 0.379 e. The Morgan fingerprint density at radius 1 is 1.44 bits per heavy atom. The van der Waals surface area contributed by atoms with Crippen molar-refractivity contribution in [3.05, 3.63) is 27.7 Å². The molecular formula is C12H14BrClN2O2. The second-order valence-corrected chi connectivity index (χ2v) is 5.33. The monoisotopic (exact) mass is 332 g/mol. The summed E-state index contributed by atoms with van der Waals surface area (Å²) in [6.45, 7) is 3.39. The van der Waals surface area contributed by atoms with Gasteiger partial charge in [-0.25, -0.2) is 0 Å². The van der Waals surface area contributed by atoms with E-state index in [0.717, 1.165) is 23.2 Å². The van der Waals surface area contributed by atoms with Crippen LogP contribution in [0.3, 0.4) is 0 Å². The van der Waals surface area contributed by atoms with Crippen molar-refractivity contribution in [1.82, 2.24) is 4.90 Å². The number of benzene rings is 1. The first kappa shape index (κ1) is 13.8. The fourth-order valence-electron chi connectivity index (χ4n) is 1.74. The van der Waals surface area contributed by atoms with Crippen LogP contribution in [0.25, 0.3) is 0 Å². The lowest BCUT2D eigenvalue weighted by Crippen LogP contribution is -2.41. The van der Waals surface area contributed by atoms with Gasteiger partial charge in [-0.2, -0.15) is 0 Å². The summed E-state index contributed by atoms with van der Waals surface area (Å²) < 4.78 is 6.01. The molecule has 1 aliphatic heterocycles. The Balaban J connectivity index is 1.88. The highest BCUT2D eigenvalue weighted by atomic mass is 79.9. The first-order valence-corrected chi connectivity index (χ1v) is 6.87. The lowest BCUT2D eigenvalue weighted by Gasteiger charge is -2.25. The zero-order valence-corrected chi connectivity index (χ0v) is 12.1. The Morgan fingerprint density at radius 3 is 2.83 bits per heavy atom. The van der Waals surface area contributed by atoms with Crippen LogP contribution in [0.1, 0.15) is 0 Å². The molecule has 1 aliphatic rings. The molecule has 1 amide bonds. The molecule has 0 spiro atoms. The molecule has 6 heteroatoms. The molecule has 0 aromatic heterocycles. The summed E-state index contributed by atoms with van der Waals surface area (Å²) in [5.41, 5.74) is 0.740. The molecule has 0 radical (unpaired) electrons. The van der Waals surface area contributed by atoms with Gasteiger partial charge in [0.2, 0.25) is 5.91 Å². The van der Waals surface area contributed by atoms with E-state index in [1.807, 2.05) is 0 Å². The number of hydrogen-bond acceptors (Lipinski definition) is 3. The number of halogens is 2. The zero-order chi connectivity index (χ0) is 13.0. The second-order valence-electron chi connectivity index (χ2n) is 4.07. The number of carbonyl (C=O) groups is 1. The summed E-state index contributed by atoms with van der Waals surface area (Å²) in [4.78, 5) is 13.9. The standard InChI is InChI=1S/C12H14BrClN2O2/c13-10-7-9(1-2-11(10)14)15-12(17)8-16-3-5-18-6-4-16/h1-2,7H,3-6,8H2,(H,15,17). The topological polar surface area (TPSA) is 41.6 Å². The zero-order valence-electron chi connectivity index (χ0n) is 9.79. The number of nitrogens with one attached hydrogen (secondary N) is 1. The van der Waals surface area contributed by atoms with Gasteiger partial charge in [0, 0.05) is 23.2 Å². The number of carbonyl (C=O) groups excluding carboxylic acids is 1. The van der Waals surface area contributed by atoms with Crippen LogP contribution < -0.4 is 5.32 Å². The van der Waals surface area contributed by atoms with Gasteiger partial charge in [-0.3, -0.25) is 9.69 Å². The summed E-state index contributed by atoms with van der Waals surface area (Å²) >= 11 is 9.22. The van der Waals surface area contributed by atoms with E-state index in [2.05, 4.69) is 26.1 Å². The molecule has 4 nitrogen and oxygen atoms in total. The van der Waals surface area contributed by atoms with Crippen molar-refractivity contribution >= 4 is 39.1 Å². The van der Waals surface area contributed by atoms with Crippen molar-refractivity contribution in [3.63, 3.8) is 0 Å². The predicted octanol–water partition coefficient (Wildman–Crippen LogP) is 2.37. The molecule has 2 rings (SSSR count). The minimum atomic E-state index is -0.0221. The van der Waals surface area contributed by atoms with E-state index in [9.17, 15) is 4.79 Å². The first-order chi connectivity index (χ1) is 8.65. The molecule has 1 saturated heterocycles. The quantitative estimate of drug-likeness (QED) is 0.923. The van der Waals surface area contributed by atoms with Gasteiger partial charge in [0.25, 0.3) is 0 Å². The number of ether oxygens (including phenoxy) is 1. The van der Waals surface area contributed by atoms with E-state index in [-0.39, 0.29) is 5.91 Å². The SMILES string of the molecule is O=C(CN1CCOCC1)Nc1ccc(Cl)c(Br)c1. The average molecular weight is 334 g/mol. The molecule has 1 aromatic carbocycles. The van der Waals surface area contributed by atoms with Gasteiger partial charge in [-0.1, -0.05) is 11.6 Å². The van der Waals surface area contributed by atoms with Crippen LogP contribution in [-0.2, 0) is 9.53 Å². The average Bonchev–Trinajstić information content (AvgIpc) is 2.35. The van der Waals surface area contributed by atoms with Crippen LogP contribution in [0.2, 0.25) is 5.02 Å². The van der Waals surface area contributed by atoms with Crippen LogP contribution in [0.5, 0.6) is 0 Å². The minimum absolute atomic E-state index is 0.0221. The van der Waals surface area contributed by atoms with Crippen molar-refractivity contribution in [1.29, 1.82) is 0 Å². The van der Waals surface area contributed by atoms with E-state index >= 15 is 0 Å². The fraction of sp³-hybridized carbons (Fsp3) is 0.417. The molecule has 0 aliphatic carbocycles. The Morgan fingerprint density at radius 2 is 2.17 bits per heavy atom. The van der Waals surface area contributed by atoms with Crippen LogP contribution in [0, 0.1) is 0 Å². The Labute approximate surface area is 119 Å². The third-order valence-corrected chi connectivity index (χ3v) is 3.89. The summed E-state index contributed by atoms with van der Waals surface area (Å²) in [5, 5.41) is 3.47. The van der Waals surface area contributed by atoms with Gasteiger partial charge >= 0.3 is 0 Å². The third kappa shape index (κ3) is 3.95. The minimum Gasteiger partial charge on any atom is -0.379 e. The van der Waals surface area contributed by atoms with E-state index in [0.29, 0.717) is 24.8 Å². The number of nitrogens with zero attached hydrogens (tertiary/aromatic N) is 1. The van der Waals surface area contributed by atoms with Crippen LogP contribution in [0.15, 0.2) is 22.7 Å². The number of anilines is 1. The van der Waals surface area contributed by atoms with Gasteiger partial charge in [0.05, 0.1) is 24.8 Å².